The highest BCUT2D eigenvalue weighted by molar-refractivity contribution is 5.97. The third kappa shape index (κ3) is 3.07. The minimum atomic E-state index is 0.395. The summed E-state index contributed by atoms with van der Waals surface area (Å²) in [5, 5.41) is 7.98. The average Bonchev–Trinajstić information content (AvgIpc) is 3.08. The standard InChI is InChI=1S/C19H18N6O/c20-11-10-15-22-18(21)16-17(24-25-19(16)23-15)12-6-8-14(9-7-12)26-13-4-2-1-3-5-13/h1-9H,10-11,20H2,(H3,21,22,23,24,25). The number of nitrogens with zero attached hydrogens (tertiary/aromatic N) is 3. The minimum Gasteiger partial charge on any atom is -0.457 e. The molecule has 0 bridgehead atoms. The fourth-order valence-corrected chi connectivity index (χ4v) is 2.76. The summed E-state index contributed by atoms with van der Waals surface area (Å²) in [5.41, 5.74) is 13.9. The van der Waals surface area contributed by atoms with Crippen molar-refractivity contribution >= 4 is 16.9 Å². The van der Waals surface area contributed by atoms with Crippen LogP contribution < -0.4 is 16.2 Å². The van der Waals surface area contributed by atoms with E-state index in [9.17, 15) is 0 Å². The van der Waals surface area contributed by atoms with Crippen LogP contribution in [0.4, 0.5) is 5.82 Å². The topological polar surface area (TPSA) is 116 Å². The summed E-state index contributed by atoms with van der Waals surface area (Å²) in [6.07, 6.45) is 0.563. The normalized spacial score (nSPS) is 11.0. The van der Waals surface area contributed by atoms with Crippen molar-refractivity contribution in [3.05, 3.63) is 60.4 Å². The van der Waals surface area contributed by atoms with Crippen LogP contribution in [0.1, 0.15) is 5.82 Å². The highest BCUT2D eigenvalue weighted by Crippen LogP contribution is 2.31. The lowest BCUT2D eigenvalue weighted by Crippen LogP contribution is -2.08. The van der Waals surface area contributed by atoms with Gasteiger partial charge in [-0.3, -0.25) is 5.10 Å². The van der Waals surface area contributed by atoms with E-state index >= 15 is 0 Å². The summed E-state index contributed by atoms with van der Waals surface area (Å²) < 4.78 is 5.82. The van der Waals surface area contributed by atoms with Crippen LogP contribution in [0, 0.1) is 0 Å². The molecular weight excluding hydrogens is 328 g/mol. The Kier molecular flexibility index (Phi) is 4.20. The summed E-state index contributed by atoms with van der Waals surface area (Å²) in [4.78, 5) is 8.73. The molecule has 26 heavy (non-hydrogen) atoms. The molecule has 4 aromatic rings. The first kappa shape index (κ1) is 16.0. The molecule has 0 spiro atoms. The number of nitrogen functional groups attached to an aromatic ring is 1. The summed E-state index contributed by atoms with van der Waals surface area (Å²) in [6.45, 7) is 0.463. The van der Waals surface area contributed by atoms with Gasteiger partial charge in [-0.05, 0) is 42.9 Å². The maximum absolute atomic E-state index is 6.13. The Morgan fingerprint density at radius 1 is 0.923 bits per heavy atom. The van der Waals surface area contributed by atoms with Crippen LogP contribution in [0.15, 0.2) is 54.6 Å². The van der Waals surface area contributed by atoms with Gasteiger partial charge in [-0.1, -0.05) is 18.2 Å². The van der Waals surface area contributed by atoms with E-state index in [-0.39, 0.29) is 0 Å². The zero-order valence-electron chi connectivity index (χ0n) is 14.0. The molecule has 7 heteroatoms. The first-order valence-corrected chi connectivity index (χ1v) is 8.28. The molecular formula is C19H18N6O. The molecule has 0 aliphatic carbocycles. The van der Waals surface area contributed by atoms with E-state index in [1.54, 1.807) is 0 Å². The second kappa shape index (κ2) is 6.81. The highest BCUT2D eigenvalue weighted by Gasteiger charge is 2.14. The van der Waals surface area contributed by atoms with Crippen molar-refractivity contribution < 1.29 is 4.74 Å². The van der Waals surface area contributed by atoms with Crippen molar-refractivity contribution in [1.29, 1.82) is 0 Å². The van der Waals surface area contributed by atoms with E-state index in [2.05, 4.69) is 20.2 Å². The predicted molar refractivity (Wildman–Crippen MR) is 101 cm³/mol. The number of H-pyrrole nitrogens is 1. The summed E-state index contributed by atoms with van der Waals surface area (Å²) in [7, 11) is 0. The number of rotatable bonds is 5. The van der Waals surface area contributed by atoms with Crippen LogP contribution in [-0.4, -0.2) is 26.7 Å². The highest BCUT2D eigenvalue weighted by atomic mass is 16.5. The van der Waals surface area contributed by atoms with E-state index in [1.165, 1.54) is 0 Å². The molecule has 0 radical (unpaired) electrons. The molecule has 2 heterocycles. The molecule has 5 N–H and O–H groups in total. The van der Waals surface area contributed by atoms with Gasteiger partial charge in [0.1, 0.15) is 23.1 Å². The molecule has 0 aliphatic heterocycles. The van der Waals surface area contributed by atoms with E-state index in [0.717, 1.165) is 22.8 Å². The molecule has 0 fully saturated rings. The van der Waals surface area contributed by atoms with Crippen molar-refractivity contribution in [3.8, 4) is 22.8 Å². The monoisotopic (exact) mass is 346 g/mol. The number of nitrogens with two attached hydrogens (primary N) is 2. The zero-order valence-corrected chi connectivity index (χ0v) is 14.0. The lowest BCUT2D eigenvalue weighted by atomic mass is 10.1. The molecule has 0 saturated heterocycles. The van der Waals surface area contributed by atoms with Gasteiger partial charge in [0.25, 0.3) is 0 Å². The van der Waals surface area contributed by atoms with Crippen molar-refractivity contribution in [2.45, 2.75) is 6.42 Å². The Morgan fingerprint density at radius 2 is 1.65 bits per heavy atom. The summed E-state index contributed by atoms with van der Waals surface area (Å²) in [5.74, 6) is 2.53. The zero-order chi connectivity index (χ0) is 17.9. The molecule has 0 saturated carbocycles. The Bertz CT molecular complexity index is 1030. The number of ether oxygens (including phenoxy) is 1. The molecule has 0 atom stereocenters. The number of nitrogens with one attached hydrogen (secondary N) is 1. The Balaban J connectivity index is 1.65. The largest absolute Gasteiger partial charge is 0.457 e. The number of aromatic amines is 1. The molecule has 2 aromatic heterocycles. The Labute approximate surface area is 150 Å². The summed E-state index contributed by atoms with van der Waals surface area (Å²) >= 11 is 0. The molecule has 0 amide bonds. The number of hydrogen-bond acceptors (Lipinski definition) is 6. The smallest absolute Gasteiger partial charge is 0.187 e. The Morgan fingerprint density at radius 3 is 2.38 bits per heavy atom. The first-order valence-electron chi connectivity index (χ1n) is 8.28. The van der Waals surface area contributed by atoms with Crippen molar-refractivity contribution in [1.82, 2.24) is 20.2 Å². The second-order valence-corrected chi connectivity index (χ2v) is 5.80. The lowest BCUT2D eigenvalue weighted by molar-refractivity contribution is 0.483. The van der Waals surface area contributed by atoms with Gasteiger partial charge in [-0.2, -0.15) is 5.10 Å². The van der Waals surface area contributed by atoms with E-state index in [0.29, 0.717) is 35.6 Å². The van der Waals surface area contributed by atoms with Crippen LogP contribution in [0.2, 0.25) is 0 Å². The van der Waals surface area contributed by atoms with Crippen LogP contribution in [0.25, 0.3) is 22.3 Å². The number of anilines is 1. The van der Waals surface area contributed by atoms with Gasteiger partial charge in [0, 0.05) is 12.0 Å². The molecule has 7 nitrogen and oxygen atoms in total. The maximum Gasteiger partial charge on any atom is 0.187 e. The van der Waals surface area contributed by atoms with Gasteiger partial charge in [0.2, 0.25) is 0 Å². The number of para-hydroxylation sites is 1. The molecule has 130 valence electrons. The number of benzene rings is 2. The number of aromatic nitrogens is 4. The van der Waals surface area contributed by atoms with Gasteiger partial charge in [0.05, 0.1) is 11.1 Å². The fourth-order valence-electron chi connectivity index (χ4n) is 2.76. The minimum absolute atomic E-state index is 0.395. The van der Waals surface area contributed by atoms with Crippen LogP contribution in [0.3, 0.4) is 0 Å². The fraction of sp³-hybridized carbons (Fsp3) is 0.105. The Hall–Kier alpha value is -3.45. The molecule has 4 rings (SSSR count). The van der Waals surface area contributed by atoms with Crippen LogP contribution in [-0.2, 0) is 6.42 Å². The predicted octanol–water partition coefficient (Wildman–Crippen LogP) is 2.90. The third-order valence-electron chi connectivity index (χ3n) is 3.98. The molecule has 0 aliphatic rings. The van der Waals surface area contributed by atoms with E-state index < -0.39 is 0 Å². The van der Waals surface area contributed by atoms with Gasteiger partial charge >= 0.3 is 0 Å². The first-order chi connectivity index (χ1) is 12.7. The van der Waals surface area contributed by atoms with E-state index in [4.69, 9.17) is 16.2 Å². The number of hydrogen-bond donors (Lipinski definition) is 3. The van der Waals surface area contributed by atoms with Gasteiger partial charge < -0.3 is 16.2 Å². The SMILES string of the molecule is NCCc1nc(N)c2c(-c3ccc(Oc4ccccc4)cc3)[nH]nc2n1. The maximum atomic E-state index is 6.13. The van der Waals surface area contributed by atoms with E-state index in [1.807, 2.05) is 54.6 Å². The van der Waals surface area contributed by atoms with Crippen LogP contribution >= 0.6 is 0 Å². The second-order valence-electron chi connectivity index (χ2n) is 5.80. The summed E-state index contributed by atoms with van der Waals surface area (Å²) in [6, 6.07) is 17.3. The average molecular weight is 346 g/mol. The van der Waals surface area contributed by atoms with Crippen molar-refractivity contribution in [3.63, 3.8) is 0 Å². The lowest BCUT2D eigenvalue weighted by Gasteiger charge is -2.07. The third-order valence-corrected chi connectivity index (χ3v) is 3.98. The van der Waals surface area contributed by atoms with Gasteiger partial charge in [-0.15, -0.1) is 0 Å². The quantitative estimate of drug-likeness (QED) is 0.512. The molecule has 0 unspecified atom stereocenters. The van der Waals surface area contributed by atoms with Gasteiger partial charge in [0.15, 0.2) is 5.65 Å². The van der Waals surface area contributed by atoms with Crippen LogP contribution in [0.5, 0.6) is 11.5 Å². The van der Waals surface area contributed by atoms with Gasteiger partial charge in [-0.25, -0.2) is 9.97 Å². The van der Waals surface area contributed by atoms with Crippen molar-refractivity contribution in [2.75, 3.05) is 12.3 Å². The number of fused-ring (bicyclic) bond motifs is 1. The molecule has 2 aromatic carbocycles. The van der Waals surface area contributed by atoms with Crippen molar-refractivity contribution in [2.24, 2.45) is 5.73 Å².